The summed E-state index contributed by atoms with van der Waals surface area (Å²) >= 11 is 0. The number of hydrogen-bond donors (Lipinski definition) is 3. The molecule has 0 atom stereocenters. The third-order valence-electron chi connectivity index (χ3n) is 3.44. The van der Waals surface area contributed by atoms with Crippen LogP contribution in [0.3, 0.4) is 0 Å². The van der Waals surface area contributed by atoms with Gasteiger partial charge in [0.1, 0.15) is 11.5 Å². The Hall–Kier alpha value is -3.02. The highest BCUT2D eigenvalue weighted by atomic mass is 16.5. The molecule has 3 N–H and O–H groups in total. The Labute approximate surface area is 140 Å². The van der Waals surface area contributed by atoms with Gasteiger partial charge in [-0.3, -0.25) is 9.59 Å². The zero-order valence-electron chi connectivity index (χ0n) is 13.8. The average molecular weight is 328 g/mol. The van der Waals surface area contributed by atoms with E-state index in [0.29, 0.717) is 11.4 Å². The maximum Gasteiger partial charge on any atom is 0.255 e. The van der Waals surface area contributed by atoms with Crippen LogP contribution in [0.25, 0.3) is 0 Å². The Morgan fingerprint density at radius 1 is 1.08 bits per heavy atom. The topological polar surface area (TPSA) is 87.7 Å². The van der Waals surface area contributed by atoms with Gasteiger partial charge in [0.05, 0.1) is 24.9 Å². The number of nitrogens with one attached hydrogen (secondary N) is 2. The van der Waals surface area contributed by atoms with E-state index >= 15 is 0 Å². The summed E-state index contributed by atoms with van der Waals surface area (Å²) in [5.41, 5.74) is 2.48. The Bertz CT molecular complexity index is 772. The van der Waals surface area contributed by atoms with Gasteiger partial charge >= 0.3 is 0 Å². The number of anilines is 1. The van der Waals surface area contributed by atoms with E-state index in [1.807, 2.05) is 19.9 Å². The molecular formula is C18H20N2O4. The minimum absolute atomic E-state index is 0.117. The van der Waals surface area contributed by atoms with Crippen LogP contribution in [0.4, 0.5) is 5.69 Å². The van der Waals surface area contributed by atoms with Gasteiger partial charge in [0.2, 0.25) is 5.91 Å². The van der Waals surface area contributed by atoms with Crippen molar-refractivity contribution in [3.05, 3.63) is 53.1 Å². The number of phenolic OH excluding ortho intramolecular Hbond substituents is 1. The molecule has 0 aliphatic rings. The van der Waals surface area contributed by atoms with E-state index in [1.165, 1.54) is 19.2 Å². The molecule has 6 heteroatoms. The quantitative estimate of drug-likeness (QED) is 0.786. The van der Waals surface area contributed by atoms with Crippen molar-refractivity contribution >= 4 is 17.5 Å². The molecule has 0 aliphatic heterocycles. The average Bonchev–Trinajstić information content (AvgIpc) is 2.53. The molecule has 0 saturated heterocycles. The minimum Gasteiger partial charge on any atom is -0.507 e. The van der Waals surface area contributed by atoms with Crippen LogP contribution in [0.5, 0.6) is 11.5 Å². The van der Waals surface area contributed by atoms with Crippen molar-refractivity contribution in [2.45, 2.75) is 13.8 Å². The molecule has 0 saturated carbocycles. The highest BCUT2D eigenvalue weighted by Crippen LogP contribution is 2.25. The van der Waals surface area contributed by atoms with Crippen LogP contribution in [0.1, 0.15) is 21.5 Å². The second kappa shape index (κ2) is 7.50. The van der Waals surface area contributed by atoms with E-state index in [9.17, 15) is 14.7 Å². The lowest BCUT2D eigenvalue weighted by atomic mass is 10.1. The van der Waals surface area contributed by atoms with E-state index in [-0.39, 0.29) is 23.8 Å². The standard InChI is InChI=1S/C18H20N2O4/c1-11-5-7-16(24-3)14(8-11)20-17(22)10-19-18(23)13-6-4-12(2)9-15(13)21/h4-9,21H,10H2,1-3H3,(H,19,23)(H,20,22). The monoisotopic (exact) mass is 328 g/mol. The summed E-state index contributed by atoms with van der Waals surface area (Å²) in [5, 5.41) is 15.0. The SMILES string of the molecule is COc1ccc(C)cc1NC(=O)CNC(=O)c1ccc(C)cc1O. The molecule has 24 heavy (non-hydrogen) atoms. The molecule has 0 aliphatic carbocycles. The number of amides is 2. The van der Waals surface area contributed by atoms with Gasteiger partial charge in [-0.1, -0.05) is 12.1 Å². The molecule has 0 unspecified atom stereocenters. The predicted octanol–water partition coefficient (Wildman–Crippen LogP) is 2.39. The first-order valence-electron chi connectivity index (χ1n) is 7.43. The van der Waals surface area contributed by atoms with Gasteiger partial charge in [-0.05, 0) is 49.2 Å². The fraction of sp³-hybridized carbons (Fsp3) is 0.222. The van der Waals surface area contributed by atoms with Crippen molar-refractivity contribution < 1.29 is 19.4 Å². The van der Waals surface area contributed by atoms with Gasteiger partial charge in [-0.2, -0.15) is 0 Å². The van der Waals surface area contributed by atoms with Gasteiger partial charge < -0.3 is 20.5 Å². The summed E-state index contributed by atoms with van der Waals surface area (Å²) in [5.74, 6) is -0.484. The molecule has 0 heterocycles. The lowest BCUT2D eigenvalue weighted by Gasteiger charge is -2.12. The summed E-state index contributed by atoms with van der Waals surface area (Å²) in [4.78, 5) is 24.1. The Balaban J connectivity index is 1.98. The second-order valence-corrected chi connectivity index (χ2v) is 5.46. The zero-order valence-corrected chi connectivity index (χ0v) is 13.8. The molecule has 2 aromatic rings. The number of ether oxygens (including phenoxy) is 1. The van der Waals surface area contributed by atoms with Gasteiger partial charge in [-0.25, -0.2) is 0 Å². The minimum atomic E-state index is -0.515. The molecule has 0 spiro atoms. The van der Waals surface area contributed by atoms with E-state index in [2.05, 4.69) is 10.6 Å². The largest absolute Gasteiger partial charge is 0.507 e. The van der Waals surface area contributed by atoms with Gasteiger partial charge in [0.25, 0.3) is 5.91 Å². The Kier molecular flexibility index (Phi) is 5.42. The fourth-order valence-corrected chi connectivity index (χ4v) is 2.20. The summed E-state index contributed by atoms with van der Waals surface area (Å²) in [6.45, 7) is 3.49. The van der Waals surface area contributed by atoms with Crippen LogP contribution in [-0.2, 0) is 4.79 Å². The maximum atomic E-state index is 12.0. The molecule has 0 fully saturated rings. The number of aromatic hydroxyl groups is 1. The highest BCUT2D eigenvalue weighted by molar-refractivity contribution is 6.01. The normalized spacial score (nSPS) is 10.1. The van der Waals surface area contributed by atoms with Crippen LogP contribution in [0, 0.1) is 13.8 Å². The molecule has 2 aromatic carbocycles. The lowest BCUT2D eigenvalue weighted by molar-refractivity contribution is -0.115. The van der Waals surface area contributed by atoms with E-state index in [0.717, 1.165) is 11.1 Å². The smallest absolute Gasteiger partial charge is 0.255 e. The van der Waals surface area contributed by atoms with Crippen molar-refractivity contribution in [3.63, 3.8) is 0 Å². The number of carbonyl (C=O) groups excluding carboxylic acids is 2. The Morgan fingerprint density at radius 3 is 2.42 bits per heavy atom. The van der Waals surface area contributed by atoms with Gasteiger partial charge in [-0.15, -0.1) is 0 Å². The second-order valence-electron chi connectivity index (χ2n) is 5.46. The third-order valence-corrected chi connectivity index (χ3v) is 3.44. The van der Waals surface area contributed by atoms with Gasteiger partial charge in [0, 0.05) is 0 Å². The van der Waals surface area contributed by atoms with E-state index < -0.39 is 5.91 Å². The predicted molar refractivity (Wildman–Crippen MR) is 91.5 cm³/mol. The molecule has 0 aromatic heterocycles. The Morgan fingerprint density at radius 2 is 1.75 bits per heavy atom. The van der Waals surface area contributed by atoms with Crippen molar-refractivity contribution in [1.29, 1.82) is 0 Å². The van der Waals surface area contributed by atoms with Crippen LogP contribution < -0.4 is 15.4 Å². The first kappa shape index (κ1) is 17.3. The fourth-order valence-electron chi connectivity index (χ4n) is 2.20. The van der Waals surface area contributed by atoms with Crippen LogP contribution in [0.2, 0.25) is 0 Å². The molecule has 126 valence electrons. The van der Waals surface area contributed by atoms with Crippen molar-refractivity contribution in [2.24, 2.45) is 0 Å². The number of phenols is 1. The number of aryl methyl sites for hydroxylation is 2. The molecule has 2 amide bonds. The summed E-state index contributed by atoms with van der Waals surface area (Å²) in [6, 6.07) is 10.1. The molecule has 6 nitrogen and oxygen atoms in total. The summed E-state index contributed by atoms with van der Waals surface area (Å²) in [7, 11) is 1.52. The van der Waals surface area contributed by atoms with Crippen LogP contribution in [0.15, 0.2) is 36.4 Å². The summed E-state index contributed by atoms with van der Waals surface area (Å²) < 4.78 is 5.19. The number of carbonyl (C=O) groups is 2. The molecule has 2 rings (SSSR count). The number of rotatable bonds is 5. The molecular weight excluding hydrogens is 308 g/mol. The van der Waals surface area contributed by atoms with Crippen molar-refractivity contribution in [2.75, 3.05) is 19.0 Å². The number of methoxy groups -OCH3 is 1. The van der Waals surface area contributed by atoms with Crippen molar-refractivity contribution in [3.8, 4) is 11.5 Å². The maximum absolute atomic E-state index is 12.0. The van der Waals surface area contributed by atoms with Crippen LogP contribution in [-0.4, -0.2) is 30.6 Å². The highest BCUT2D eigenvalue weighted by Gasteiger charge is 2.13. The lowest BCUT2D eigenvalue weighted by Crippen LogP contribution is -2.33. The van der Waals surface area contributed by atoms with Crippen LogP contribution >= 0.6 is 0 Å². The van der Waals surface area contributed by atoms with Gasteiger partial charge in [0.15, 0.2) is 0 Å². The third kappa shape index (κ3) is 4.25. The summed E-state index contributed by atoms with van der Waals surface area (Å²) in [6.07, 6.45) is 0. The van der Waals surface area contributed by atoms with E-state index in [1.54, 1.807) is 18.2 Å². The number of benzene rings is 2. The van der Waals surface area contributed by atoms with E-state index in [4.69, 9.17) is 4.74 Å². The zero-order chi connectivity index (χ0) is 17.7. The molecule has 0 radical (unpaired) electrons. The first-order valence-corrected chi connectivity index (χ1v) is 7.43. The van der Waals surface area contributed by atoms with Crippen molar-refractivity contribution in [1.82, 2.24) is 5.32 Å². The number of hydrogen-bond acceptors (Lipinski definition) is 4. The molecule has 0 bridgehead atoms. The first-order chi connectivity index (χ1) is 11.4.